The lowest BCUT2D eigenvalue weighted by Crippen LogP contribution is -2.59. The van der Waals surface area contributed by atoms with Crippen LogP contribution in [0.25, 0.3) is 0 Å². The molecule has 0 aromatic rings. The number of ether oxygens (including phenoxy) is 2. The van der Waals surface area contributed by atoms with Gasteiger partial charge in [-0.3, -0.25) is 4.90 Å². The summed E-state index contributed by atoms with van der Waals surface area (Å²) in [6, 6.07) is -0.0698. The maximum Gasteiger partial charge on any atom is 0.147 e. The largest absolute Gasteiger partial charge is 0.389 e. The van der Waals surface area contributed by atoms with E-state index in [0.717, 1.165) is 52.4 Å². The van der Waals surface area contributed by atoms with Crippen LogP contribution in [0.1, 0.15) is 13.8 Å². The third kappa shape index (κ3) is 5.73. The van der Waals surface area contributed by atoms with Crippen LogP contribution in [0.4, 0.5) is 0 Å². The minimum atomic E-state index is -0.836. The van der Waals surface area contributed by atoms with Crippen LogP contribution < -0.4 is 16.0 Å². The van der Waals surface area contributed by atoms with Crippen LogP contribution >= 0.6 is 0 Å². The van der Waals surface area contributed by atoms with Crippen molar-refractivity contribution in [1.82, 2.24) is 20.9 Å². The van der Waals surface area contributed by atoms with Crippen LogP contribution in [0.5, 0.6) is 0 Å². The second-order valence-electron chi connectivity index (χ2n) is 6.58. The van der Waals surface area contributed by atoms with E-state index in [1.54, 1.807) is 0 Å². The summed E-state index contributed by atoms with van der Waals surface area (Å²) in [6.07, 6.45) is -0.0745. The zero-order valence-corrected chi connectivity index (χ0v) is 13.9. The summed E-state index contributed by atoms with van der Waals surface area (Å²) in [4.78, 5) is 2.33. The molecule has 0 aromatic heterocycles. The molecule has 7 nitrogen and oxygen atoms in total. The first-order valence-corrected chi connectivity index (χ1v) is 8.37. The summed E-state index contributed by atoms with van der Waals surface area (Å²) in [5.41, 5.74) is -0.836. The smallest absolute Gasteiger partial charge is 0.147 e. The topological polar surface area (TPSA) is 78.0 Å². The summed E-state index contributed by atoms with van der Waals surface area (Å²) < 4.78 is 11.1. The van der Waals surface area contributed by atoms with Gasteiger partial charge in [0, 0.05) is 52.4 Å². The van der Waals surface area contributed by atoms with Crippen LogP contribution in [-0.2, 0) is 9.47 Å². The second-order valence-corrected chi connectivity index (χ2v) is 6.58. The van der Waals surface area contributed by atoms with Crippen LogP contribution in [0.3, 0.4) is 0 Å². The molecule has 0 radical (unpaired) electrons. The van der Waals surface area contributed by atoms with Gasteiger partial charge < -0.3 is 30.5 Å². The molecule has 0 spiro atoms. The average Bonchev–Trinajstić information content (AvgIpc) is 2.94. The lowest BCUT2D eigenvalue weighted by atomic mass is 9.92. The zero-order valence-electron chi connectivity index (χ0n) is 13.9. The molecule has 2 unspecified atom stereocenters. The third-order valence-electron chi connectivity index (χ3n) is 4.23. The Balaban J connectivity index is 2.00. The molecule has 2 rings (SSSR count). The SMILES string of the molecule is CC(C)(O)C(C1COCO1)N1CCNCCNCCNCC1. The van der Waals surface area contributed by atoms with E-state index in [-0.39, 0.29) is 12.1 Å². The second kappa shape index (κ2) is 9.12. The van der Waals surface area contributed by atoms with Crippen molar-refractivity contribution in [2.24, 2.45) is 0 Å². The number of hydrogen-bond donors (Lipinski definition) is 4. The van der Waals surface area contributed by atoms with Crippen molar-refractivity contribution in [2.45, 2.75) is 31.6 Å². The van der Waals surface area contributed by atoms with E-state index in [0.29, 0.717) is 13.4 Å². The predicted molar refractivity (Wildman–Crippen MR) is 86.0 cm³/mol. The number of nitrogens with zero attached hydrogens (tertiary/aromatic N) is 1. The van der Waals surface area contributed by atoms with Crippen LogP contribution in [-0.4, -0.2) is 93.5 Å². The standard InChI is InChI=1S/C15H32N4O3/c1-15(2,20)14(13-11-21-12-22-13)19-9-7-17-5-3-16-4-6-18-8-10-19/h13-14,16-18,20H,3-12H2,1-2H3. The molecule has 2 fully saturated rings. The number of nitrogens with one attached hydrogen (secondary N) is 3. The van der Waals surface area contributed by atoms with E-state index < -0.39 is 5.60 Å². The van der Waals surface area contributed by atoms with E-state index in [2.05, 4.69) is 20.9 Å². The van der Waals surface area contributed by atoms with Crippen LogP contribution in [0.2, 0.25) is 0 Å². The van der Waals surface area contributed by atoms with Gasteiger partial charge in [-0.15, -0.1) is 0 Å². The summed E-state index contributed by atoms with van der Waals surface area (Å²) in [7, 11) is 0. The highest BCUT2D eigenvalue weighted by molar-refractivity contribution is 4.94. The van der Waals surface area contributed by atoms with Gasteiger partial charge in [-0.2, -0.15) is 0 Å². The van der Waals surface area contributed by atoms with Crippen molar-refractivity contribution in [3.05, 3.63) is 0 Å². The highest BCUT2D eigenvalue weighted by Crippen LogP contribution is 2.23. The van der Waals surface area contributed by atoms with Crippen LogP contribution in [0.15, 0.2) is 0 Å². The Kier molecular flexibility index (Phi) is 7.49. The lowest BCUT2D eigenvalue weighted by Gasteiger charge is -2.41. The molecule has 0 aliphatic carbocycles. The Bertz CT molecular complexity index is 294. The molecule has 2 aliphatic rings. The molecular formula is C15H32N4O3. The van der Waals surface area contributed by atoms with Crippen LogP contribution in [0, 0.1) is 0 Å². The summed E-state index contributed by atoms with van der Waals surface area (Å²) in [6.45, 7) is 12.1. The summed E-state index contributed by atoms with van der Waals surface area (Å²) >= 11 is 0. The van der Waals surface area contributed by atoms with Crippen molar-refractivity contribution in [1.29, 1.82) is 0 Å². The Hall–Kier alpha value is -0.280. The average molecular weight is 316 g/mol. The molecule has 130 valence electrons. The highest BCUT2D eigenvalue weighted by Gasteiger charge is 2.40. The van der Waals surface area contributed by atoms with Gasteiger partial charge in [-0.1, -0.05) is 0 Å². The normalized spacial score (nSPS) is 28.8. The van der Waals surface area contributed by atoms with Crippen molar-refractivity contribution in [3.63, 3.8) is 0 Å². The molecule has 2 saturated heterocycles. The molecule has 4 N–H and O–H groups in total. The molecule has 0 saturated carbocycles. The Morgan fingerprint density at radius 2 is 1.55 bits per heavy atom. The highest BCUT2D eigenvalue weighted by atomic mass is 16.7. The number of rotatable bonds is 3. The number of aliphatic hydroxyl groups is 1. The van der Waals surface area contributed by atoms with Gasteiger partial charge in [0.05, 0.1) is 18.2 Å². The van der Waals surface area contributed by atoms with Gasteiger partial charge in [0.1, 0.15) is 12.9 Å². The first-order chi connectivity index (χ1) is 10.6. The Morgan fingerprint density at radius 1 is 1.00 bits per heavy atom. The van der Waals surface area contributed by atoms with E-state index in [1.165, 1.54) is 0 Å². The first kappa shape index (κ1) is 18.1. The first-order valence-electron chi connectivity index (χ1n) is 8.37. The fourth-order valence-electron chi connectivity index (χ4n) is 3.23. The van der Waals surface area contributed by atoms with Crippen molar-refractivity contribution >= 4 is 0 Å². The number of hydrogen-bond acceptors (Lipinski definition) is 7. The van der Waals surface area contributed by atoms with Crippen molar-refractivity contribution in [2.75, 3.05) is 65.8 Å². The molecule has 2 aliphatic heterocycles. The van der Waals surface area contributed by atoms with Gasteiger partial charge in [-0.25, -0.2) is 0 Å². The van der Waals surface area contributed by atoms with Gasteiger partial charge in [0.25, 0.3) is 0 Å². The molecule has 7 heteroatoms. The van der Waals surface area contributed by atoms with E-state index in [1.807, 2.05) is 13.8 Å². The Labute approximate surface area is 133 Å². The quantitative estimate of drug-likeness (QED) is 0.509. The maximum absolute atomic E-state index is 10.7. The van der Waals surface area contributed by atoms with E-state index in [4.69, 9.17) is 9.47 Å². The maximum atomic E-state index is 10.7. The Morgan fingerprint density at radius 3 is 2.00 bits per heavy atom. The molecule has 2 atom stereocenters. The monoisotopic (exact) mass is 316 g/mol. The van der Waals surface area contributed by atoms with Gasteiger partial charge >= 0.3 is 0 Å². The van der Waals surface area contributed by atoms with Crippen molar-refractivity contribution in [3.8, 4) is 0 Å². The minimum Gasteiger partial charge on any atom is -0.389 e. The zero-order chi connectivity index (χ0) is 15.8. The predicted octanol–water partition coefficient (Wildman–Crippen LogP) is -1.42. The van der Waals surface area contributed by atoms with E-state index >= 15 is 0 Å². The van der Waals surface area contributed by atoms with Crippen molar-refractivity contribution < 1.29 is 14.6 Å². The van der Waals surface area contributed by atoms with E-state index in [9.17, 15) is 5.11 Å². The molecule has 22 heavy (non-hydrogen) atoms. The fraction of sp³-hybridized carbons (Fsp3) is 1.00. The van der Waals surface area contributed by atoms with Gasteiger partial charge in [0.2, 0.25) is 0 Å². The molecular weight excluding hydrogens is 284 g/mol. The third-order valence-corrected chi connectivity index (χ3v) is 4.23. The molecule has 2 heterocycles. The molecule has 0 aromatic carbocycles. The fourth-order valence-corrected chi connectivity index (χ4v) is 3.23. The summed E-state index contributed by atoms with van der Waals surface area (Å²) in [5, 5.41) is 20.9. The molecule has 0 bridgehead atoms. The molecule has 0 amide bonds. The minimum absolute atomic E-state index is 0.0698. The van der Waals surface area contributed by atoms with Gasteiger partial charge in [0.15, 0.2) is 0 Å². The van der Waals surface area contributed by atoms with Gasteiger partial charge in [-0.05, 0) is 13.8 Å². The summed E-state index contributed by atoms with van der Waals surface area (Å²) in [5.74, 6) is 0. The lowest BCUT2D eigenvalue weighted by molar-refractivity contribution is -0.0808.